The lowest BCUT2D eigenvalue weighted by Gasteiger charge is -2.35. The van der Waals surface area contributed by atoms with Crippen molar-refractivity contribution in [1.29, 1.82) is 0 Å². The van der Waals surface area contributed by atoms with Crippen LogP contribution >= 0.6 is 24.8 Å². The number of amides is 1. The minimum absolute atomic E-state index is 0. The Bertz CT molecular complexity index is 303. The third kappa shape index (κ3) is 7.47. The molecule has 2 rings (SSSR count). The van der Waals surface area contributed by atoms with Crippen LogP contribution in [0.4, 0.5) is 0 Å². The van der Waals surface area contributed by atoms with Gasteiger partial charge in [0.25, 0.3) is 0 Å². The first-order valence-electron chi connectivity index (χ1n) is 8.05. The summed E-state index contributed by atoms with van der Waals surface area (Å²) in [4.78, 5) is 18.9. The van der Waals surface area contributed by atoms with Crippen molar-refractivity contribution in [3.63, 3.8) is 0 Å². The summed E-state index contributed by atoms with van der Waals surface area (Å²) in [5.41, 5.74) is 0. The average molecular weight is 356 g/mol. The Morgan fingerprint density at radius 3 is 1.91 bits per heavy atom. The zero-order valence-corrected chi connectivity index (χ0v) is 15.2. The molecular weight excluding hydrogens is 325 g/mol. The van der Waals surface area contributed by atoms with Gasteiger partial charge in [-0.1, -0.05) is 12.8 Å². The average Bonchev–Trinajstić information content (AvgIpc) is 2.69. The van der Waals surface area contributed by atoms with Crippen molar-refractivity contribution >= 4 is 30.7 Å². The summed E-state index contributed by atoms with van der Waals surface area (Å²) in [5.74, 6) is 0.302. The smallest absolute Gasteiger partial charge is 0.236 e. The summed E-state index contributed by atoms with van der Waals surface area (Å²) in [7, 11) is 0. The first-order chi connectivity index (χ1) is 9.65. The number of hydrogen-bond donors (Lipinski definition) is 1. The van der Waals surface area contributed by atoms with Gasteiger partial charge in [-0.3, -0.25) is 14.6 Å². The molecule has 0 saturated carbocycles. The summed E-state index contributed by atoms with van der Waals surface area (Å²) in [5, 5.41) is 9.40. The fraction of sp³-hybridized carbons (Fsp3) is 0.933. The highest BCUT2D eigenvalue weighted by atomic mass is 35.5. The van der Waals surface area contributed by atoms with E-state index in [1.54, 1.807) is 0 Å². The Morgan fingerprint density at radius 1 is 0.909 bits per heavy atom. The summed E-state index contributed by atoms with van der Waals surface area (Å²) >= 11 is 0. The van der Waals surface area contributed by atoms with E-state index in [4.69, 9.17) is 0 Å². The number of carbonyl (C=O) groups is 1. The van der Waals surface area contributed by atoms with E-state index >= 15 is 0 Å². The summed E-state index contributed by atoms with van der Waals surface area (Å²) in [6, 6.07) is 0. The van der Waals surface area contributed by atoms with Crippen molar-refractivity contribution in [1.82, 2.24) is 14.7 Å². The molecule has 2 fully saturated rings. The molecule has 0 radical (unpaired) electrons. The normalized spacial score (nSPS) is 22.2. The van der Waals surface area contributed by atoms with Gasteiger partial charge in [0.05, 0.1) is 12.6 Å². The number of aliphatic hydroxyl groups is 1. The van der Waals surface area contributed by atoms with Crippen LogP contribution in [0.25, 0.3) is 0 Å². The van der Waals surface area contributed by atoms with E-state index in [1.807, 2.05) is 6.92 Å². The van der Waals surface area contributed by atoms with Crippen LogP contribution in [0, 0.1) is 0 Å². The number of hydrogen-bond acceptors (Lipinski definition) is 4. The third-order valence-corrected chi connectivity index (χ3v) is 4.30. The number of aliphatic hydroxyl groups excluding tert-OH is 1. The minimum atomic E-state index is -0.264. The Kier molecular flexibility index (Phi) is 11.4. The number of nitrogens with zero attached hydrogens (tertiary/aromatic N) is 3. The van der Waals surface area contributed by atoms with Crippen molar-refractivity contribution in [2.75, 3.05) is 52.4 Å². The van der Waals surface area contributed by atoms with Crippen molar-refractivity contribution < 1.29 is 9.90 Å². The van der Waals surface area contributed by atoms with Crippen LogP contribution in [0.1, 0.15) is 32.6 Å². The lowest BCUT2D eigenvalue weighted by atomic mass is 10.2. The second kappa shape index (κ2) is 11.5. The van der Waals surface area contributed by atoms with Gasteiger partial charge in [0.15, 0.2) is 0 Å². The number of rotatable bonds is 4. The summed E-state index contributed by atoms with van der Waals surface area (Å²) < 4.78 is 0. The molecule has 0 aliphatic carbocycles. The number of halogens is 2. The summed E-state index contributed by atoms with van der Waals surface area (Å²) in [6.07, 6.45) is 4.59. The van der Waals surface area contributed by atoms with Crippen molar-refractivity contribution in [3.05, 3.63) is 0 Å². The Balaban J connectivity index is 0.00000220. The molecule has 1 atom stereocenters. The lowest BCUT2D eigenvalue weighted by molar-refractivity contribution is -0.132. The topological polar surface area (TPSA) is 47.0 Å². The number of likely N-dealkylation sites (tertiary alicyclic amines) is 1. The molecule has 2 aliphatic rings. The first kappa shape index (κ1) is 21.9. The molecule has 0 aromatic heterocycles. The molecule has 2 saturated heterocycles. The first-order valence-corrected chi connectivity index (χ1v) is 8.05. The molecule has 22 heavy (non-hydrogen) atoms. The van der Waals surface area contributed by atoms with Crippen LogP contribution < -0.4 is 0 Å². The van der Waals surface area contributed by atoms with Crippen LogP contribution in [-0.4, -0.2) is 84.2 Å². The van der Waals surface area contributed by atoms with E-state index in [0.29, 0.717) is 12.5 Å². The van der Waals surface area contributed by atoms with Gasteiger partial charge < -0.3 is 10.0 Å². The minimum Gasteiger partial charge on any atom is -0.392 e. The Hall–Kier alpha value is -0.0700. The molecule has 1 unspecified atom stereocenters. The second-order valence-corrected chi connectivity index (χ2v) is 6.22. The Morgan fingerprint density at radius 2 is 1.41 bits per heavy atom. The molecule has 0 aromatic rings. The zero-order chi connectivity index (χ0) is 14.4. The van der Waals surface area contributed by atoms with Crippen molar-refractivity contribution in [2.24, 2.45) is 0 Å². The number of β-amino-alcohol motifs (C(OH)–C–C–N with tert-alkyl or cyclic N) is 1. The standard InChI is InChI=1S/C15H29N3O2.2ClH/c1-14(19)12-16-8-10-17(11-9-16)13-15(20)18-6-4-2-3-5-7-18;;/h14,19H,2-13H2,1H3;2*1H. The molecule has 0 bridgehead atoms. The third-order valence-electron chi connectivity index (χ3n) is 4.30. The highest BCUT2D eigenvalue weighted by Gasteiger charge is 2.22. The largest absolute Gasteiger partial charge is 0.392 e. The van der Waals surface area contributed by atoms with E-state index in [-0.39, 0.29) is 30.9 Å². The summed E-state index contributed by atoms with van der Waals surface area (Å²) in [6.45, 7) is 8.82. The fourth-order valence-electron chi connectivity index (χ4n) is 3.12. The molecular formula is C15H31Cl2N3O2. The predicted octanol–water partition coefficient (Wildman–Crippen LogP) is 1.23. The fourth-order valence-corrected chi connectivity index (χ4v) is 3.12. The maximum absolute atomic E-state index is 12.3. The van der Waals surface area contributed by atoms with E-state index in [0.717, 1.165) is 58.7 Å². The Labute approximate surface area is 146 Å². The molecule has 0 spiro atoms. The van der Waals surface area contributed by atoms with Gasteiger partial charge in [0.2, 0.25) is 5.91 Å². The van der Waals surface area contributed by atoms with Gasteiger partial charge in [-0.15, -0.1) is 24.8 Å². The second-order valence-electron chi connectivity index (χ2n) is 6.22. The van der Waals surface area contributed by atoms with Crippen LogP contribution in [0.3, 0.4) is 0 Å². The molecule has 2 heterocycles. The maximum atomic E-state index is 12.3. The van der Waals surface area contributed by atoms with E-state index in [9.17, 15) is 9.90 Å². The van der Waals surface area contributed by atoms with Gasteiger partial charge in [0.1, 0.15) is 0 Å². The quantitative estimate of drug-likeness (QED) is 0.823. The van der Waals surface area contributed by atoms with E-state index in [2.05, 4.69) is 14.7 Å². The molecule has 0 aromatic carbocycles. The highest BCUT2D eigenvalue weighted by Crippen LogP contribution is 2.11. The number of piperazine rings is 1. The SMILES string of the molecule is CC(O)CN1CCN(CC(=O)N2CCCCCC2)CC1.Cl.Cl. The molecule has 2 aliphatic heterocycles. The maximum Gasteiger partial charge on any atom is 0.236 e. The van der Waals surface area contributed by atoms with Gasteiger partial charge in [0, 0.05) is 45.8 Å². The van der Waals surface area contributed by atoms with Crippen LogP contribution in [0.15, 0.2) is 0 Å². The molecule has 132 valence electrons. The zero-order valence-electron chi connectivity index (χ0n) is 13.6. The monoisotopic (exact) mass is 355 g/mol. The van der Waals surface area contributed by atoms with Crippen molar-refractivity contribution in [2.45, 2.75) is 38.7 Å². The predicted molar refractivity (Wildman–Crippen MR) is 94.1 cm³/mol. The van der Waals surface area contributed by atoms with E-state index in [1.165, 1.54) is 12.8 Å². The highest BCUT2D eigenvalue weighted by molar-refractivity contribution is 5.85. The van der Waals surface area contributed by atoms with Gasteiger partial charge in [-0.05, 0) is 19.8 Å². The lowest BCUT2D eigenvalue weighted by Crippen LogP contribution is -2.51. The van der Waals surface area contributed by atoms with Gasteiger partial charge >= 0.3 is 0 Å². The van der Waals surface area contributed by atoms with E-state index < -0.39 is 0 Å². The van der Waals surface area contributed by atoms with Gasteiger partial charge in [-0.25, -0.2) is 0 Å². The molecule has 1 amide bonds. The van der Waals surface area contributed by atoms with Crippen LogP contribution in [0.2, 0.25) is 0 Å². The number of carbonyl (C=O) groups excluding carboxylic acids is 1. The van der Waals surface area contributed by atoms with Crippen molar-refractivity contribution in [3.8, 4) is 0 Å². The van der Waals surface area contributed by atoms with Crippen LogP contribution in [-0.2, 0) is 4.79 Å². The van der Waals surface area contributed by atoms with Crippen LogP contribution in [0.5, 0.6) is 0 Å². The molecule has 5 nitrogen and oxygen atoms in total. The molecule has 1 N–H and O–H groups in total. The van der Waals surface area contributed by atoms with Gasteiger partial charge in [-0.2, -0.15) is 0 Å². The molecule has 7 heteroatoms.